The second kappa shape index (κ2) is 5.80. The van der Waals surface area contributed by atoms with Gasteiger partial charge in [0.1, 0.15) is 5.75 Å². The summed E-state index contributed by atoms with van der Waals surface area (Å²) in [7, 11) is 0. The van der Waals surface area contributed by atoms with Gasteiger partial charge in [0.2, 0.25) is 0 Å². The average Bonchev–Trinajstić information content (AvgIpc) is 2.20. The quantitative estimate of drug-likeness (QED) is 0.416. The molecule has 1 aromatic rings. The molecule has 0 saturated carbocycles. The van der Waals surface area contributed by atoms with E-state index < -0.39 is 5.97 Å². The van der Waals surface area contributed by atoms with E-state index in [9.17, 15) is 4.79 Å². The first-order chi connectivity index (χ1) is 6.83. The predicted molar refractivity (Wildman–Crippen MR) is 52.8 cm³/mol. The molecule has 0 bridgehead atoms. The highest BCUT2D eigenvalue weighted by Gasteiger charge is 1.93. The van der Waals surface area contributed by atoms with E-state index in [2.05, 4.69) is 4.74 Å². The smallest absolute Gasteiger partial charge is 0.333 e. The summed E-state index contributed by atoms with van der Waals surface area (Å²) in [5.74, 6) is 0.288. The maximum atomic E-state index is 10.8. The number of benzene rings is 1. The summed E-state index contributed by atoms with van der Waals surface area (Å²) in [5, 5.41) is 0. The first-order valence-corrected chi connectivity index (χ1v) is 4.38. The summed E-state index contributed by atoms with van der Waals surface area (Å²) in [6, 6.07) is 9.20. The van der Waals surface area contributed by atoms with Crippen molar-refractivity contribution in [2.24, 2.45) is 0 Å². The van der Waals surface area contributed by atoms with Gasteiger partial charge in [0.05, 0.1) is 18.9 Å². The minimum Gasteiger partial charge on any atom is -0.465 e. The summed E-state index contributed by atoms with van der Waals surface area (Å²) in [6.45, 7) is 2.12. The van der Waals surface area contributed by atoms with Gasteiger partial charge in [-0.15, -0.1) is 0 Å². The molecule has 0 spiro atoms. The van der Waals surface area contributed by atoms with E-state index in [1.165, 1.54) is 12.3 Å². The van der Waals surface area contributed by atoms with E-state index in [1.54, 1.807) is 19.1 Å². The van der Waals surface area contributed by atoms with Crippen LogP contribution in [0.2, 0.25) is 0 Å². The molecule has 0 N–H and O–H groups in total. The number of carbonyl (C=O) groups is 1. The number of hydrogen-bond donors (Lipinski definition) is 0. The zero-order valence-electron chi connectivity index (χ0n) is 7.97. The van der Waals surface area contributed by atoms with Crippen LogP contribution in [0.1, 0.15) is 6.92 Å². The normalized spacial score (nSPS) is 10.1. The summed E-state index contributed by atoms with van der Waals surface area (Å²) in [6.07, 6.45) is 2.56. The fraction of sp³-hybridized carbons (Fsp3) is 0.182. The Balaban J connectivity index is 2.37. The molecule has 0 aliphatic rings. The van der Waals surface area contributed by atoms with Crippen molar-refractivity contribution in [1.82, 2.24) is 0 Å². The van der Waals surface area contributed by atoms with Gasteiger partial charge < -0.3 is 9.47 Å². The first kappa shape index (κ1) is 10.3. The molecule has 74 valence electrons. The van der Waals surface area contributed by atoms with Crippen molar-refractivity contribution in [2.45, 2.75) is 6.92 Å². The summed E-state index contributed by atoms with van der Waals surface area (Å²) in [4.78, 5) is 10.8. The third kappa shape index (κ3) is 3.76. The Morgan fingerprint density at radius 3 is 2.71 bits per heavy atom. The maximum absolute atomic E-state index is 10.8. The topological polar surface area (TPSA) is 35.5 Å². The lowest BCUT2D eigenvalue weighted by atomic mass is 10.3. The Labute approximate surface area is 83.0 Å². The monoisotopic (exact) mass is 192 g/mol. The predicted octanol–water partition coefficient (Wildman–Crippen LogP) is 2.14. The molecular weight excluding hydrogens is 180 g/mol. The Morgan fingerprint density at radius 1 is 1.36 bits per heavy atom. The average molecular weight is 192 g/mol. The lowest BCUT2D eigenvalue weighted by molar-refractivity contribution is -0.137. The molecule has 0 fully saturated rings. The van der Waals surface area contributed by atoms with Gasteiger partial charge in [0.25, 0.3) is 0 Å². The number of rotatable bonds is 4. The minimum absolute atomic E-state index is 0.370. The van der Waals surface area contributed by atoms with Crippen LogP contribution >= 0.6 is 0 Å². The molecule has 0 aliphatic carbocycles. The summed E-state index contributed by atoms with van der Waals surface area (Å²) in [5.41, 5.74) is 0. The van der Waals surface area contributed by atoms with E-state index in [0.29, 0.717) is 12.4 Å². The van der Waals surface area contributed by atoms with Gasteiger partial charge in [-0.1, -0.05) is 18.2 Å². The van der Waals surface area contributed by atoms with Crippen molar-refractivity contribution in [3.63, 3.8) is 0 Å². The number of esters is 1. The van der Waals surface area contributed by atoms with Crippen LogP contribution in [0.3, 0.4) is 0 Å². The number of ether oxygens (including phenoxy) is 2. The SMILES string of the molecule is CCOC(=O)/C=C/Oc1ccccc1. The Hall–Kier alpha value is -1.77. The van der Waals surface area contributed by atoms with E-state index in [1.807, 2.05) is 18.2 Å². The van der Waals surface area contributed by atoms with Crippen LogP contribution in [-0.2, 0) is 9.53 Å². The molecule has 0 unspecified atom stereocenters. The molecule has 1 aromatic carbocycles. The van der Waals surface area contributed by atoms with Gasteiger partial charge in [-0.05, 0) is 19.1 Å². The Bertz CT molecular complexity index is 304. The van der Waals surface area contributed by atoms with Gasteiger partial charge in [-0.25, -0.2) is 4.79 Å². The third-order valence-electron chi connectivity index (χ3n) is 1.44. The van der Waals surface area contributed by atoms with E-state index >= 15 is 0 Å². The van der Waals surface area contributed by atoms with Gasteiger partial charge >= 0.3 is 5.97 Å². The largest absolute Gasteiger partial charge is 0.465 e. The second-order valence-corrected chi connectivity index (χ2v) is 2.49. The van der Waals surface area contributed by atoms with Crippen LogP contribution in [0.4, 0.5) is 0 Å². The number of para-hydroxylation sites is 1. The lowest BCUT2D eigenvalue weighted by Gasteiger charge is -1.98. The van der Waals surface area contributed by atoms with Crippen molar-refractivity contribution in [1.29, 1.82) is 0 Å². The van der Waals surface area contributed by atoms with Crippen molar-refractivity contribution in [3.05, 3.63) is 42.7 Å². The highest BCUT2D eigenvalue weighted by Crippen LogP contribution is 2.08. The Kier molecular flexibility index (Phi) is 4.27. The zero-order valence-corrected chi connectivity index (χ0v) is 7.97. The molecule has 3 nitrogen and oxygen atoms in total. The number of carbonyl (C=O) groups excluding carboxylic acids is 1. The van der Waals surface area contributed by atoms with Crippen LogP contribution in [0.15, 0.2) is 42.7 Å². The molecule has 0 saturated heterocycles. The maximum Gasteiger partial charge on any atom is 0.333 e. The van der Waals surface area contributed by atoms with Crippen LogP contribution in [0.25, 0.3) is 0 Å². The highest BCUT2D eigenvalue weighted by atomic mass is 16.5. The van der Waals surface area contributed by atoms with Gasteiger partial charge in [0, 0.05) is 0 Å². The van der Waals surface area contributed by atoms with Gasteiger partial charge in [-0.2, -0.15) is 0 Å². The molecular formula is C11H12O3. The first-order valence-electron chi connectivity index (χ1n) is 4.38. The minimum atomic E-state index is -0.400. The molecule has 0 radical (unpaired) electrons. The zero-order chi connectivity index (χ0) is 10.2. The standard InChI is InChI=1S/C11H12O3/c1-2-13-11(12)8-9-14-10-6-4-3-5-7-10/h3-9H,2H2,1H3/b9-8+. The van der Waals surface area contributed by atoms with Gasteiger partial charge in [-0.3, -0.25) is 0 Å². The van der Waals surface area contributed by atoms with E-state index in [-0.39, 0.29) is 0 Å². The van der Waals surface area contributed by atoms with Crippen molar-refractivity contribution < 1.29 is 14.3 Å². The van der Waals surface area contributed by atoms with Crippen molar-refractivity contribution >= 4 is 5.97 Å². The molecule has 0 amide bonds. The van der Waals surface area contributed by atoms with E-state index in [0.717, 1.165) is 0 Å². The summed E-state index contributed by atoms with van der Waals surface area (Å²) < 4.78 is 9.82. The Morgan fingerprint density at radius 2 is 2.07 bits per heavy atom. The van der Waals surface area contributed by atoms with Gasteiger partial charge in [0.15, 0.2) is 0 Å². The molecule has 0 heterocycles. The van der Waals surface area contributed by atoms with Crippen LogP contribution in [0.5, 0.6) is 5.75 Å². The molecule has 14 heavy (non-hydrogen) atoms. The molecule has 3 heteroatoms. The lowest BCUT2D eigenvalue weighted by Crippen LogP contribution is -1.99. The van der Waals surface area contributed by atoms with Crippen LogP contribution in [0, 0.1) is 0 Å². The molecule has 0 atom stereocenters. The fourth-order valence-corrected chi connectivity index (χ4v) is 0.858. The van der Waals surface area contributed by atoms with Crippen LogP contribution < -0.4 is 4.74 Å². The molecule has 1 rings (SSSR count). The van der Waals surface area contributed by atoms with E-state index in [4.69, 9.17) is 4.74 Å². The molecule has 0 aromatic heterocycles. The highest BCUT2D eigenvalue weighted by molar-refractivity contribution is 5.81. The third-order valence-corrected chi connectivity index (χ3v) is 1.44. The van der Waals surface area contributed by atoms with Crippen LogP contribution in [-0.4, -0.2) is 12.6 Å². The second-order valence-electron chi connectivity index (χ2n) is 2.49. The van der Waals surface area contributed by atoms with Crippen molar-refractivity contribution in [2.75, 3.05) is 6.61 Å². The summed E-state index contributed by atoms with van der Waals surface area (Å²) >= 11 is 0. The number of hydrogen-bond acceptors (Lipinski definition) is 3. The molecule has 0 aliphatic heterocycles. The fourth-order valence-electron chi connectivity index (χ4n) is 0.858. The van der Waals surface area contributed by atoms with Crippen molar-refractivity contribution in [3.8, 4) is 5.75 Å².